The third kappa shape index (κ3) is 3.34. The molecule has 1 aromatic heterocycles. The number of hydrogen-bond acceptors (Lipinski definition) is 3. The van der Waals surface area contributed by atoms with Gasteiger partial charge in [-0.05, 0) is 43.3 Å². The van der Waals surface area contributed by atoms with Gasteiger partial charge < -0.3 is 14.3 Å². The van der Waals surface area contributed by atoms with Gasteiger partial charge in [-0.15, -0.1) is 0 Å². The molecule has 4 nitrogen and oxygen atoms in total. The summed E-state index contributed by atoms with van der Waals surface area (Å²) >= 11 is 0. The molecule has 0 saturated carbocycles. The van der Waals surface area contributed by atoms with Crippen LogP contribution in [0.2, 0.25) is 0 Å². The molecule has 2 aromatic rings. The van der Waals surface area contributed by atoms with E-state index in [4.69, 9.17) is 14.3 Å². The number of carboxylic acid groups (broad SMARTS) is 1. The van der Waals surface area contributed by atoms with Crippen LogP contribution >= 0.6 is 0 Å². The van der Waals surface area contributed by atoms with E-state index < -0.39 is 11.9 Å². The molecule has 5 heteroatoms. The van der Waals surface area contributed by atoms with Crippen LogP contribution < -0.4 is 4.74 Å². The van der Waals surface area contributed by atoms with E-state index in [1.54, 1.807) is 19.1 Å². The van der Waals surface area contributed by atoms with E-state index in [1.165, 1.54) is 24.3 Å². The molecule has 0 aliphatic heterocycles. The van der Waals surface area contributed by atoms with Gasteiger partial charge in [0.2, 0.25) is 0 Å². The van der Waals surface area contributed by atoms with Crippen molar-refractivity contribution >= 4 is 5.97 Å². The molecule has 0 aliphatic rings. The summed E-state index contributed by atoms with van der Waals surface area (Å²) in [6.45, 7) is 1.66. The summed E-state index contributed by atoms with van der Waals surface area (Å²) in [5, 5.41) is 9.16. The molecular weight excluding hydrogens is 251 g/mol. The first-order chi connectivity index (χ1) is 9.06. The Hall–Kier alpha value is -2.30. The van der Waals surface area contributed by atoms with Gasteiger partial charge in [0.05, 0.1) is 0 Å². The summed E-state index contributed by atoms with van der Waals surface area (Å²) in [6.07, 6.45) is 0. The average Bonchev–Trinajstić information content (AvgIpc) is 2.78. The van der Waals surface area contributed by atoms with Crippen LogP contribution in [-0.4, -0.2) is 17.7 Å². The molecule has 0 spiro atoms. The van der Waals surface area contributed by atoms with E-state index in [9.17, 15) is 9.18 Å². The van der Waals surface area contributed by atoms with Gasteiger partial charge in [-0.25, -0.2) is 4.39 Å². The Morgan fingerprint density at radius 3 is 2.53 bits per heavy atom. The van der Waals surface area contributed by atoms with Crippen molar-refractivity contribution in [1.82, 2.24) is 0 Å². The van der Waals surface area contributed by atoms with Gasteiger partial charge in [0.15, 0.2) is 0 Å². The van der Waals surface area contributed by atoms with Crippen molar-refractivity contribution in [1.29, 1.82) is 0 Å². The van der Waals surface area contributed by atoms with Crippen molar-refractivity contribution in [3.05, 3.63) is 53.7 Å². The Morgan fingerprint density at radius 1 is 1.32 bits per heavy atom. The van der Waals surface area contributed by atoms with Crippen LogP contribution in [0.15, 0.2) is 40.8 Å². The molecule has 1 aromatic carbocycles. The maximum absolute atomic E-state index is 12.7. The van der Waals surface area contributed by atoms with Crippen molar-refractivity contribution in [3.63, 3.8) is 0 Å². The van der Waals surface area contributed by atoms with Gasteiger partial charge in [-0.1, -0.05) is 0 Å². The topological polar surface area (TPSA) is 59.7 Å². The molecule has 0 aliphatic carbocycles. The molecule has 0 radical (unpaired) electrons. The smallest absolute Gasteiger partial charge is 0.317 e. The monoisotopic (exact) mass is 264 g/mol. The SMILES string of the molecule is Cc1ccc(C(COc2ccc(F)cc2)C(=O)O)o1. The molecule has 19 heavy (non-hydrogen) atoms. The Bertz CT molecular complexity index is 559. The molecule has 1 N–H and O–H groups in total. The third-order valence-corrected chi connectivity index (χ3v) is 2.63. The van der Waals surface area contributed by atoms with Crippen LogP contribution in [0.25, 0.3) is 0 Å². The molecule has 0 saturated heterocycles. The summed E-state index contributed by atoms with van der Waals surface area (Å²) in [4.78, 5) is 11.2. The van der Waals surface area contributed by atoms with Gasteiger partial charge >= 0.3 is 5.97 Å². The van der Waals surface area contributed by atoms with Gasteiger partial charge in [0.25, 0.3) is 0 Å². The number of carboxylic acids is 1. The van der Waals surface area contributed by atoms with Gasteiger partial charge in [0.1, 0.15) is 35.6 Å². The van der Waals surface area contributed by atoms with Crippen LogP contribution in [0.1, 0.15) is 17.4 Å². The minimum Gasteiger partial charge on any atom is -0.492 e. The van der Waals surface area contributed by atoms with E-state index >= 15 is 0 Å². The van der Waals surface area contributed by atoms with Crippen LogP contribution in [0, 0.1) is 12.7 Å². The maximum Gasteiger partial charge on any atom is 0.317 e. The summed E-state index contributed by atoms with van der Waals surface area (Å²) in [5.74, 6) is -0.898. The molecule has 1 atom stereocenters. The Labute approximate surface area is 109 Å². The van der Waals surface area contributed by atoms with Gasteiger partial charge in [-0.2, -0.15) is 0 Å². The number of hydrogen-bond donors (Lipinski definition) is 1. The molecule has 0 amide bonds. The standard InChI is InChI=1S/C14H13FO4/c1-9-2-7-13(19-9)12(14(16)17)8-18-11-5-3-10(15)4-6-11/h2-7,12H,8H2,1H3,(H,16,17). The van der Waals surface area contributed by atoms with Crippen molar-refractivity contribution in [2.45, 2.75) is 12.8 Å². The Morgan fingerprint density at radius 2 is 2.00 bits per heavy atom. The molecule has 0 fully saturated rings. The fraction of sp³-hybridized carbons (Fsp3) is 0.214. The van der Waals surface area contributed by atoms with Gasteiger partial charge in [-0.3, -0.25) is 4.79 Å². The number of carbonyl (C=O) groups is 1. The number of rotatable bonds is 5. The van der Waals surface area contributed by atoms with Crippen molar-refractivity contribution in [2.24, 2.45) is 0 Å². The minimum absolute atomic E-state index is 0.0755. The van der Waals surface area contributed by atoms with Crippen molar-refractivity contribution in [3.8, 4) is 5.75 Å². The Kier molecular flexibility index (Phi) is 3.85. The average molecular weight is 264 g/mol. The van der Waals surface area contributed by atoms with Crippen LogP contribution in [0.4, 0.5) is 4.39 Å². The van der Waals surface area contributed by atoms with E-state index in [-0.39, 0.29) is 12.4 Å². The molecule has 1 heterocycles. The third-order valence-electron chi connectivity index (χ3n) is 2.63. The summed E-state index contributed by atoms with van der Waals surface area (Å²) < 4.78 is 23.4. The van der Waals surface area contributed by atoms with Crippen LogP contribution in [-0.2, 0) is 4.79 Å². The van der Waals surface area contributed by atoms with E-state index in [0.29, 0.717) is 17.3 Å². The number of halogens is 1. The van der Waals surface area contributed by atoms with Crippen molar-refractivity contribution < 1.29 is 23.4 Å². The highest BCUT2D eigenvalue weighted by atomic mass is 19.1. The normalized spacial score (nSPS) is 12.1. The highest BCUT2D eigenvalue weighted by Crippen LogP contribution is 2.21. The number of aryl methyl sites for hydroxylation is 1. The second-order valence-electron chi connectivity index (χ2n) is 4.10. The zero-order valence-electron chi connectivity index (χ0n) is 10.3. The summed E-state index contributed by atoms with van der Waals surface area (Å²) in [7, 11) is 0. The second kappa shape index (κ2) is 5.56. The molecular formula is C14H13FO4. The molecule has 100 valence electrons. The first-order valence-electron chi connectivity index (χ1n) is 5.74. The largest absolute Gasteiger partial charge is 0.492 e. The fourth-order valence-electron chi connectivity index (χ4n) is 1.63. The first kappa shape index (κ1) is 13.1. The molecule has 1 unspecified atom stereocenters. The van der Waals surface area contributed by atoms with Gasteiger partial charge in [0, 0.05) is 0 Å². The summed E-state index contributed by atoms with van der Waals surface area (Å²) in [6, 6.07) is 8.71. The quantitative estimate of drug-likeness (QED) is 0.901. The number of furan rings is 1. The number of benzene rings is 1. The Balaban J connectivity index is 2.06. The lowest BCUT2D eigenvalue weighted by atomic mass is 10.1. The second-order valence-corrected chi connectivity index (χ2v) is 4.10. The molecule has 0 bridgehead atoms. The van der Waals surface area contributed by atoms with Crippen LogP contribution in [0.5, 0.6) is 5.75 Å². The lowest BCUT2D eigenvalue weighted by molar-refractivity contribution is -0.140. The predicted octanol–water partition coefficient (Wildman–Crippen LogP) is 2.97. The lowest BCUT2D eigenvalue weighted by Gasteiger charge is -2.11. The van der Waals surface area contributed by atoms with E-state index in [0.717, 1.165) is 0 Å². The van der Waals surface area contributed by atoms with Crippen molar-refractivity contribution in [2.75, 3.05) is 6.61 Å². The lowest BCUT2D eigenvalue weighted by Crippen LogP contribution is -2.19. The number of ether oxygens (including phenoxy) is 1. The van der Waals surface area contributed by atoms with Crippen LogP contribution in [0.3, 0.4) is 0 Å². The molecule has 2 rings (SSSR count). The summed E-state index contributed by atoms with van der Waals surface area (Å²) in [5.41, 5.74) is 0. The van der Waals surface area contributed by atoms with E-state index in [1.807, 2.05) is 0 Å². The minimum atomic E-state index is -1.03. The zero-order valence-corrected chi connectivity index (χ0v) is 10.3. The predicted molar refractivity (Wildman–Crippen MR) is 65.7 cm³/mol. The zero-order chi connectivity index (χ0) is 13.8. The van der Waals surface area contributed by atoms with E-state index in [2.05, 4.69) is 0 Å². The maximum atomic E-state index is 12.7. The number of aliphatic carboxylic acids is 1. The highest BCUT2D eigenvalue weighted by Gasteiger charge is 2.24. The highest BCUT2D eigenvalue weighted by molar-refractivity contribution is 5.75. The first-order valence-corrected chi connectivity index (χ1v) is 5.74. The fourth-order valence-corrected chi connectivity index (χ4v) is 1.63.